The first-order chi connectivity index (χ1) is 43.3. The SMILES string of the molecule is CNc1nc(C)nc2c1ncn2C1OC(OP(=O)([O-])OP(=O)([O-])OP(=O)([O-])[O-])C(O)C1O.COc1nc(C)nc2c1ncn2C1OC(OP(=O)([O-])OP(=O)([O-])OP(=O)([O-])[O-])C(O)C1O.Cc1nc2c(ccn2C2OC(OP(=O)([O-])OP(=O)([O-])OP(=O)([O-])[O-])C(O)C2O)c(=O)[nH]1. The number of aromatic amines is 1. The Labute approximate surface area is 523 Å². The lowest BCUT2D eigenvalue weighted by atomic mass is 10.2. The number of phosphoric acid groups is 9. The summed E-state index contributed by atoms with van der Waals surface area (Å²) in [7, 11) is -52.3. The normalized spacial score (nSPS) is 28.1. The van der Waals surface area contributed by atoms with E-state index in [1.807, 2.05) is 0 Å². The fraction of sp³-hybridized carbons (Fsp3) is 0.515. The molecule has 0 radical (unpaired) electrons. The minimum atomic E-state index is -6.23. The van der Waals surface area contributed by atoms with E-state index < -0.39 is 150 Å². The topological polar surface area (TPSA) is 822 Å². The number of aromatic nitrogens is 11. The summed E-state index contributed by atoms with van der Waals surface area (Å²) in [4.78, 5) is 174. The molecule has 53 nitrogen and oxygen atoms in total. The highest BCUT2D eigenvalue weighted by atomic mass is 31.3. The third-order valence-electron chi connectivity index (χ3n) is 11.5. The van der Waals surface area contributed by atoms with Gasteiger partial charge in [0, 0.05) is 13.2 Å². The maximum atomic E-state index is 11.9. The Morgan fingerprint density at radius 1 is 0.484 bits per heavy atom. The van der Waals surface area contributed by atoms with E-state index in [1.165, 1.54) is 33.2 Å². The summed E-state index contributed by atoms with van der Waals surface area (Å²) in [5.74, 6) is 1.11. The molecule has 6 aromatic rings. The highest BCUT2D eigenvalue weighted by Gasteiger charge is 2.50. The Kier molecular flexibility index (Phi) is 23.8. The molecule has 95 heavy (non-hydrogen) atoms. The molecule has 9 rings (SSSR count). The van der Waals surface area contributed by atoms with Crippen LogP contribution >= 0.6 is 70.4 Å². The van der Waals surface area contributed by atoms with Gasteiger partial charge in [-0.05, 0) is 26.8 Å². The van der Waals surface area contributed by atoms with Crippen LogP contribution in [0.15, 0.2) is 29.7 Å². The molecule has 3 aliphatic rings. The van der Waals surface area contributed by atoms with E-state index in [9.17, 15) is 135 Å². The average Bonchev–Trinajstić information content (AvgIpc) is 1.63. The zero-order valence-electron chi connectivity index (χ0n) is 46.7. The van der Waals surface area contributed by atoms with Crippen molar-refractivity contribution < 1.29 is 189 Å². The Morgan fingerprint density at radius 2 is 0.842 bits per heavy atom. The quantitative estimate of drug-likeness (QED) is 0.0276. The summed E-state index contributed by atoms with van der Waals surface area (Å²) in [6.07, 6.45) is -19.6. The van der Waals surface area contributed by atoms with Gasteiger partial charge in [-0.1, -0.05) is 0 Å². The predicted octanol–water partition coefficient (Wildman–Crippen LogP) is -10.5. The molecule has 6 aromatic heterocycles. The minimum absolute atomic E-state index is 0.00110. The molecular formula is C33H39N12O41P9-12. The molecule has 9 heterocycles. The van der Waals surface area contributed by atoms with Crippen LogP contribution in [0.5, 0.6) is 5.88 Å². The predicted molar refractivity (Wildman–Crippen MR) is 267 cm³/mol. The van der Waals surface area contributed by atoms with Crippen LogP contribution in [0.3, 0.4) is 0 Å². The monoisotopic (exact) mass is 1540 g/mol. The number of fused-ring (bicyclic) bond motifs is 3. The Morgan fingerprint density at radius 3 is 1.21 bits per heavy atom. The van der Waals surface area contributed by atoms with Gasteiger partial charge in [-0.2, -0.15) is 4.98 Å². The molecule has 3 fully saturated rings. The lowest BCUT2D eigenvalue weighted by Gasteiger charge is -2.38. The number of H-pyrrole nitrogens is 1. The highest BCUT2D eigenvalue weighted by Crippen LogP contribution is 2.64. The van der Waals surface area contributed by atoms with E-state index in [1.54, 1.807) is 14.0 Å². The highest BCUT2D eigenvalue weighted by molar-refractivity contribution is 7.66. The maximum absolute atomic E-state index is 11.9. The Balaban J connectivity index is 0.000000201. The van der Waals surface area contributed by atoms with Gasteiger partial charge in [-0.15, -0.1) is 0 Å². The number of aryl methyl sites for hydroxylation is 3. The maximum Gasteiger partial charge on any atom is 0.278 e. The van der Waals surface area contributed by atoms with Crippen molar-refractivity contribution in [3.63, 3.8) is 0 Å². The molecule has 534 valence electrons. The van der Waals surface area contributed by atoms with Crippen molar-refractivity contribution in [2.24, 2.45) is 0 Å². The summed E-state index contributed by atoms with van der Waals surface area (Å²) in [6, 6.07) is 1.30. The number of aliphatic hydroxyl groups excluding tert-OH is 6. The van der Waals surface area contributed by atoms with Gasteiger partial charge in [-0.25, -0.2) is 42.8 Å². The third-order valence-corrected chi connectivity index (χ3v) is 22.5. The van der Waals surface area contributed by atoms with Gasteiger partial charge in [0.25, 0.3) is 52.5 Å². The Bertz CT molecular complexity index is 4170. The summed E-state index contributed by atoms with van der Waals surface area (Å²) in [5.41, 5.74) is 0.0364. The molecule has 3 saturated heterocycles. The number of imidazole rings is 2. The number of hydrogen-bond donors (Lipinski definition) is 8. The second kappa shape index (κ2) is 28.9. The van der Waals surface area contributed by atoms with Crippen molar-refractivity contribution in [1.82, 2.24) is 53.6 Å². The van der Waals surface area contributed by atoms with Gasteiger partial charge >= 0.3 is 0 Å². The fourth-order valence-corrected chi connectivity index (χ4v) is 16.9. The summed E-state index contributed by atoms with van der Waals surface area (Å²) >= 11 is 0. The molecule has 0 aliphatic carbocycles. The zero-order valence-corrected chi connectivity index (χ0v) is 54.8. The van der Waals surface area contributed by atoms with Crippen LogP contribution in [0.4, 0.5) is 5.82 Å². The fourth-order valence-electron chi connectivity index (χ4n) is 8.12. The van der Waals surface area contributed by atoms with Crippen molar-refractivity contribution in [3.05, 3.63) is 52.7 Å². The zero-order chi connectivity index (χ0) is 71.5. The third kappa shape index (κ3) is 20.1. The van der Waals surface area contributed by atoms with Gasteiger partial charge in [0.05, 0.1) is 48.6 Å². The van der Waals surface area contributed by atoms with E-state index >= 15 is 0 Å². The minimum Gasteiger partial charge on any atom is -0.790 e. The molecule has 3 aliphatic heterocycles. The van der Waals surface area contributed by atoms with E-state index in [2.05, 4.69) is 84.6 Å². The molecule has 0 amide bonds. The first-order valence-electron chi connectivity index (χ1n) is 24.4. The molecule has 0 aromatic carbocycles. The van der Waals surface area contributed by atoms with Crippen molar-refractivity contribution in [2.45, 2.75) is 94.9 Å². The number of aliphatic hydroxyl groups is 6. The summed E-state index contributed by atoms with van der Waals surface area (Å²) in [5, 5.41) is 63.8. The number of methoxy groups -OCH3 is 1. The Hall–Kier alpha value is -4.01. The van der Waals surface area contributed by atoms with Crippen molar-refractivity contribution >= 4 is 110 Å². The molecular weight excluding hydrogens is 1500 g/mol. The number of anilines is 1. The molecule has 0 saturated carbocycles. The lowest BCUT2D eigenvalue weighted by Crippen LogP contribution is -2.33. The molecule has 18 unspecified atom stereocenters. The summed E-state index contributed by atoms with van der Waals surface area (Å²) < 4.78 is 156. The van der Waals surface area contributed by atoms with Gasteiger partial charge in [-0.3, -0.25) is 67.8 Å². The van der Waals surface area contributed by atoms with Crippen LogP contribution < -0.4 is 74.3 Å². The van der Waals surface area contributed by atoms with Gasteiger partial charge < -0.3 is 137 Å². The number of rotatable bonds is 23. The van der Waals surface area contributed by atoms with Crippen LogP contribution in [0, 0.1) is 20.8 Å². The second-order valence-corrected chi connectivity index (χ2v) is 31.0. The number of ether oxygens (including phenoxy) is 4. The van der Waals surface area contributed by atoms with E-state index in [-0.39, 0.29) is 50.9 Å². The van der Waals surface area contributed by atoms with Crippen molar-refractivity contribution in [3.8, 4) is 5.88 Å². The average molecular weight is 1540 g/mol. The molecule has 8 N–H and O–H groups in total. The van der Waals surface area contributed by atoms with Crippen LogP contribution in [-0.2, 0) is 94.7 Å². The number of nitrogens with one attached hydrogen (secondary N) is 2. The number of phosphoric ester groups is 3. The smallest absolute Gasteiger partial charge is 0.278 e. The molecule has 0 spiro atoms. The van der Waals surface area contributed by atoms with Crippen LogP contribution in [0.1, 0.15) is 36.2 Å². The standard InChI is InChI=1S/C11H18N5O13P3.C11H17N4O14P3.C11H16N3O14P3/c1-4-14-8(12-2)5-9(15-4)16(3-13-5)10-6(17)7(18)11(26-10)27-31(22,23)29-32(24,25)28-30(19,20)21;1-4-13-8-5(9(14-4)25-2)12-3-15(8)10-6(16)7(17)11(26-10)27-31(21,22)29-32(23,24)28-30(18,19)20;1-4-12-8-5(9(17)13-4)2-3-14(8)10-6(15)7(16)11(25-10)26-30(21,22)28-31(23,24)27-29(18,19)20/h3,6-7,10-11,17-18H,1-2H3,(H,22,23)(H,24,25)(H,12,14,15)(H2,19,20,21);3,6-7,10-11,16-17H,1-2H3,(H,21,22)(H,23,24)(H2,18,19,20);2-3,6-7,10-11,15-16H,1H3,(H,21,22)(H,23,24)(H,12,13,17)(H2,18,19,20)/p-12. The van der Waals surface area contributed by atoms with Crippen LogP contribution in [0.25, 0.3) is 33.4 Å². The lowest BCUT2D eigenvalue weighted by molar-refractivity contribution is -0.342. The number of nitrogens with zero attached hydrogens (tertiary/aromatic N) is 10. The number of hydrogen-bond acceptors (Lipinski definition) is 49. The van der Waals surface area contributed by atoms with Gasteiger partial charge in [0.2, 0.25) is 5.88 Å². The first kappa shape index (κ1) is 78.3. The van der Waals surface area contributed by atoms with Crippen molar-refractivity contribution in [2.75, 3.05) is 19.5 Å². The van der Waals surface area contributed by atoms with Gasteiger partial charge in [0.1, 0.15) is 59.7 Å². The molecule has 0 bridgehead atoms. The summed E-state index contributed by atoms with van der Waals surface area (Å²) in [6.45, 7) is 4.53. The molecule has 62 heteroatoms. The van der Waals surface area contributed by atoms with Crippen LogP contribution in [0.2, 0.25) is 0 Å². The van der Waals surface area contributed by atoms with Crippen molar-refractivity contribution in [1.29, 1.82) is 0 Å². The second-order valence-electron chi connectivity index (χ2n) is 18.4. The van der Waals surface area contributed by atoms with E-state index in [4.69, 9.17) is 18.9 Å². The van der Waals surface area contributed by atoms with E-state index in [0.717, 1.165) is 26.4 Å². The van der Waals surface area contributed by atoms with E-state index in [0.29, 0.717) is 11.6 Å². The van der Waals surface area contributed by atoms with Crippen LogP contribution in [-0.4, -0.2) is 154 Å². The van der Waals surface area contributed by atoms with Gasteiger partial charge in [0.15, 0.2) is 65.7 Å². The largest absolute Gasteiger partial charge is 0.790 e. The first-order valence-corrected chi connectivity index (χ1v) is 37.5. The molecule has 18 atom stereocenters.